The maximum absolute atomic E-state index is 13.7. The predicted octanol–water partition coefficient (Wildman–Crippen LogP) is 3.66. The van der Waals surface area contributed by atoms with Gasteiger partial charge in [-0.2, -0.15) is 10.2 Å². The molecule has 3 rings (SSSR count). The van der Waals surface area contributed by atoms with E-state index in [9.17, 15) is 31.5 Å². The van der Waals surface area contributed by atoms with Gasteiger partial charge in [-0.15, -0.1) is 0 Å². The zero-order valence-electron chi connectivity index (χ0n) is 16.1. The Morgan fingerprint density at radius 3 is 2.23 bits per heavy atom. The van der Waals surface area contributed by atoms with Crippen molar-refractivity contribution in [1.82, 2.24) is 15.2 Å². The topological polar surface area (TPSA) is 76.3 Å². The Kier molecular flexibility index (Phi) is 6.42. The lowest BCUT2D eigenvalue weighted by Crippen LogP contribution is -2.29. The predicted molar refractivity (Wildman–Crippen MR) is 102 cm³/mol. The number of rotatable bonds is 6. The van der Waals surface area contributed by atoms with Gasteiger partial charge in [0.15, 0.2) is 29.0 Å². The van der Waals surface area contributed by atoms with Gasteiger partial charge in [0.25, 0.3) is 11.5 Å². The first kappa shape index (κ1) is 22.1. The molecule has 1 N–H and O–H groups in total. The number of halogens is 5. The minimum Gasteiger partial charge on any atom is -0.267 e. The van der Waals surface area contributed by atoms with Crippen molar-refractivity contribution in [1.29, 1.82) is 0 Å². The quantitative estimate of drug-likeness (QED) is 0.210. The van der Waals surface area contributed by atoms with E-state index in [-0.39, 0.29) is 23.0 Å². The third kappa shape index (κ3) is 4.16. The van der Waals surface area contributed by atoms with Gasteiger partial charge >= 0.3 is 0 Å². The largest absolute Gasteiger partial charge is 0.292 e. The molecule has 2 aromatic carbocycles. The van der Waals surface area contributed by atoms with Gasteiger partial charge < -0.3 is 0 Å². The molecule has 0 bridgehead atoms. The Hall–Kier alpha value is -3.63. The summed E-state index contributed by atoms with van der Waals surface area (Å²) in [6.45, 7) is 2.17. The summed E-state index contributed by atoms with van der Waals surface area (Å²) in [5.74, 6) is -11.7. The van der Waals surface area contributed by atoms with Gasteiger partial charge in [0.2, 0.25) is 5.82 Å². The number of unbranched alkanes of at least 4 members (excludes halogenated alkanes) is 1. The van der Waals surface area contributed by atoms with E-state index >= 15 is 0 Å². The molecule has 0 aliphatic heterocycles. The highest BCUT2D eigenvalue weighted by Gasteiger charge is 2.25. The summed E-state index contributed by atoms with van der Waals surface area (Å²) < 4.78 is 68.1. The van der Waals surface area contributed by atoms with E-state index in [0.29, 0.717) is 12.6 Å². The molecule has 31 heavy (non-hydrogen) atoms. The summed E-state index contributed by atoms with van der Waals surface area (Å²) in [6, 6.07) is 6.18. The van der Waals surface area contributed by atoms with E-state index in [1.54, 1.807) is 12.1 Å². The number of nitrogens with one attached hydrogen (secondary N) is 1. The Labute approximate surface area is 172 Å². The number of nitrogens with zero attached hydrogens (tertiary/aromatic N) is 3. The monoisotopic (exact) mass is 438 g/mol. The maximum Gasteiger partial charge on any atom is 0.292 e. The van der Waals surface area contributed by atoms with Crippen molar-refractivity contribution < 1.29 is 26.7 Å². The minimum absolute atomic E-state index is 0.194. The van der Waals surface area contributed by atoms with E-state index in [1.807, 2.05) is 12.3 Å². The van der Waals surface area contributed by atoms with Crippen molar-refractivity contribution in [3.05, 3.63) is 75.0 Å². The molecule has 1 heterocycles. The summed E-state index contributed by atoms with van der Waals surface area (Å²) in [5.41, 5.74) is 0.0225. The van der Waals surface area contributed by atoms with Gasteiger partial charge in [-0.25, -0.2) is 32.1 Å². The number of hydrogen-bond acceptors (Lipinski definition) is 4. The Morgan fingerprint density at radius 2 is 1.61 bits per heavy atom. The highest BCUT2D eigenvalue weighted by molar-refractivity contribution is 6.04. The van der Waals surface area contributed by atoms with Crippen LogP contribution in [-0.4, -0.2) is 21.9 Å². The number of hydrazone groups is 1. The van der Waals surface area contributed by atoms with Crippen LogP contribution in [-0.2, 0) is 6.54 Å². The minimum atomic E-state index is -2.30. The number of fused-ring (bicyclic) bond motifs is 1. The molecule has 3 aromatic rings. The van der Waals surface area contributed by atoms with Crippen molar-refractivity contribution in [3.8, 4) is 0 Å². The molecule has 162 valence electrons. The highest BCUT2D eigenvalue weighted by Crippen LogP contribution is 2.21. The lowest BCUT2D eigenvalue weighted by molar-refractivity contribution is 0.0949. The normalized spacial score (nSPS) is 11.4. The fourth-order valence-corrected chi connectivity index (χ4v) is 2.81. The molecule has 0 aliphatic carbocycles. The zero-order valence-corrected chi connectivity index (χ0v) is 16.1. The van der Waals surface area contributed by atoms with E-state index in [4.69, 9.17) is 0 Å². The number of aromatic nitrogens is 2. The Bertz CT molecular complexity index is 1230. The van der Waals surface area contributed by atoms with Crippen LogP contribution in [0.2, 0.25) is 0 Å². The summed E-state index contributed by atoms with van der Waals surface area (Å²) >= 11 is 0. The molecule has 0 radical (unpaired) electrons. The van der Waals surface area contributed by atoms with Crippen molar-refractivity contribution in [2.75, 3.05) is 0 Å². The molecule has 11 heteroatoms. The summed E-state index contributed by atoms with van der Waals surface area (Å²) in [5, 5.41) is 7.76. The van der Waals surface area contributed by atoms with Crippen LogP contribution >= 0.6 is 0 Å². The van der Waals surface area contributed by atoms with Crippen LogP contribution < -0.4 is 11.0 Å². The number of carbonyl (C=O) groups excluding carboxylic acids is 1. The van der Waals surface area contributed by atoms with Gasteiger partial charge in [0, 0.05) is 11.9 Å². The first-order chi connectivity index (χ1) is 14.8. The number of hydrogen-bond donors (Lipinski definition) is 1. The second kappa shape index (κ2) is 9.02. The summed E-state index contributed by atoms with van der Waals surface area (Å²) in [7, 11) is 0. The van der Waals surface area contributed by atoms with Crippen LogP contribution in [0.15, 0.2) is 34.2 Å². The SMILES string of the molecule is CCCCn1nc(C(=O)N/N=C/c2c(F)c(F)c(F)c(F)c2F)c2ccccc2c1=O. The van der Waals surface area contributed by atoms with Gasteiger partial charge in [0.05, 0.1) is 17.2 Å². The third-order valence-corrected chi connectivity index (χ3v) is 4.41. The molecule has 0 atom stereocenters. The lowest BCUT2D eigenvalue weighted by atomic mass is 10.1. The van der Waals surface area contributed by atoms with Crippen LogP contribution in [0.4, 0.5) is 22.0 Å². The smallest absolute Gasteiger partial charge is 0.267 e. The standard InChI is InChI=1S/C20H15F5N4O2/c1-2-3-8-29-20(31)11-7-5-4-6-10(11)18(28-29)19(30)27-26-9-12-13(21)15(23)17(25)16(24)14(12)22/h4-7,9H,2-3,8H2,1H3,(H,27,30)/b26-9+. The fourth-order valence-electron chi connectivity index (χ4n) is 2.81. The molecule has 0 spiro atoms. The third-order valence-electron chi connectivity index (χ3n) is 4.41. The Balaban J connectivity index is 1.96. The first-order valence-corrected chi connectivity index (χ1v) is 9.12. The molecule has 0 saturated heterocycles. The van der Waals surface area contributed by atoms with Gasteiger partial charge in [-0.1, -0.05) is 31.5 Å². The van der Waals surface area contributed by atoms with Gasteiger partial charge in [-0.3, -0.25) is 9.59 Å². The molecule has 0 fully saturated rings. The van der Waals surface area contributed by atoms with E-state index in [0.717, 1.165) is 11.1 Å². The fraction of sp³-hybridized carbons (Fsp3) is 0.200. The van der Waals surface area contributed by atoms with Crippen LogP contribution in [0.3, 0.4) is 0 Å². The van der Waals surface area contributed by atoms with Crippen molar-refractivity contribution in [2.45, 2.75) is 26.3 Å². The molecular weight excluding hydrogens is 423 g/mol. The van der Waals surface area contributed by atoms with Gasteiger partial charge in [-0.05, 0) is 12.5 Å². The number of aryl methyl sites for hydroxylation is 1. The number of carbonyl (C=O) groups is 1. The average molecular weight is 438 g/mol. The first-order valence-electron chi connectivity index (χ1n) is 9.12. The van der Waals surface area contributed by atoms with Crippen LogP contribution in [0.25, 0.3) is 10.8 Å². The molecule has 0 saturated carbocycles. The lowest BCUT2D eigenvalue weighted by Gasteiger charge is -2.09. The zero-order chi connectivity index (χ0) is 22.7. The average Bonchev–Trinajstić information content (AvgIpc) is 2.78. The van der Waals surface area contributed by atoms with Crippen molar-refractivity contribution in [2.24, 2.45) is 5.10 Å². The van der Waals surface area contributed by atoms with Crippen molar-refractivity contribution >= 4 is 22.9 Å². The van der Waals surface area contributed by atoms with E-state index in [2.05, 4.69) is 10.2 Å². The van der Waals surface area contributed by atoms with Gasteiger partial charge in [0.1, 0.15) is 0 Å². The van der Waals surface area contributed by atoms with Crippen molar-refractivity contribution in [3.63, 3.8) is 0 Å². The summed E-state index contributed by atoms with van der Waals surface area (Å²) in [6.07, 6.45) is 1.70. The second-order valence-electron chi connectivity index (χ2n) is 6.46. The molecule has 1 aromatic heterocycles. The van der Waals surface area contributed by atoms with Crippen LogP contribution in [0.1, 0.15) is 35.8 Å². The molecular formula is C20H15F5N4O2. The molecule has 1 amide bonds. The van der Waals surface area contributed by atoms with E-state index in [1.165, 1.54) is 12.1 Å². The molecule has 0 unspecified atom stereocenters. The van der Waals surface area contributed by atoms with E-state index < -0.39 is 46.1 Å². The molecule has 0 aliphatic rings. The number of benzene rings is 2. The van der Waals surface area contributed by atoms with Crippen LogP contribution in [0, 0.1) is 29.1 Å². The molecule has 6 nitrogen and oxygen atoms in total. The highest BCUT2D eigenvalue weighted by atomic mass is 19.2. The maximum atomic E-state index is 13.7. The van der Waals surface area contributed by atoms with Crippen LogP contribution in [0.5, 0.6) is 0 Å². The Morgan fingerprint density at radius 1 is 1.03 bits per heavy atom. The second-order valence-corrected chi connectivity index (χ2v) is 6.46. The number of amides is 1. The summed E-state index contributed by atoms with van der Waals surface area (Å²) in [4.78, 5) is 25.1.